The molecule has 0 fully saturated rings. The SMILES string of the molecule is N[C@@H](Cc1c[nH]c2ccccc12)C(=O)Nc1cccc2ccccc12. The fraction of sp³-hybridized carbons (Fsp3) is 0.0952. The minimum absolute atomic E-state index is 0.179. The molecule has 4 aromatic rings. The third kappa shape index (κ3) is 2.99. The van der Waals surface area contributed by atoms with Crippen LogP contribution in [-0.2, 0) is 11.2 Å². The Kier molecular flexibility index (Phi) is 3.96. The number of aromatic nitrogens is 1. The molecule has 0 aliphatic heterocycles. The molecule has 0 bridgehead atoms. The van der Waals surface area contributed by atoms with Crippen molar-refractivity contribution in [2.24, 2.45) is 5.73 Å². The topological polar surface area (TPSA) is 70.9 Å². The zero-order chi connectivity index (χ0) is 17.2. The standard InChI is InChI=1S/C21H19N3O/c22-18(12-15-13-23-19-10-4-3-9-17(15)19)21(25)24-20-11-5-7-14-6-1-2-8-16(14)20/h1-11,13,18,23H,12,22H2,(H,24,25)/t18-/m0/s1. The normalized spacial score (nSPS) is 12.4. The fourth-order valence-corrected chi connectivity index (χ4v) is 3.19. The number of hydrogen-bond acceptors (Lipinski definition) is 2. The number of para-hydroxylation sites is 1. The first-order valence-electron chi connectivity index (χ1n) is 8.31. The maximum Gasteiger partial charge on any atom is 0.241 e. The van der Waals surface area contributed by atoms with Gasteiger partial charge in [-0.2, -0.15) is 0 Å². The van der Waals surface area contributed by atoms with Crippen LogP contribution in [0, 0.1) is 0 Å². The first kappa shape index (κ1) is 15.4. The van der Waals surface area contributed by atoms with Gasteiger partial charge in [-0.3, -0.25) is 4.79 Å². The second-order valence-corrected chi connectivity index (χ2v) is 6.19. The molecule has 1 aromatic heterocycles. The van der Waals surface area contributed by atoms with Crippen molar-refractivity contribution in [2.75, 3.05) is 5.32 Å². The lowest BCUT2D eigenvalue weighted by atomic mass is 10.0. The van der Waals surface area contributed by atoms with Gasteiger partial charge in [0.15, 0.2) is 0 Å². The van der Waals surface area contributed by atoms with Gasteiger partial charge in [0.2, 0.25) is 5.91 Å². The van der Waals surface area contributed by atoms with Gasteiger partial charge in [0.1, 0.15) is 0 Å². The van der Waals surface area contributed by atoms with Crippen LogP contribution in [0.5, 0.6) is 0 Å². The van der Waals surface area contributed by atoms with Crippen LogP contribution >= 0.6 is 0 Å². The molecule has 4 N–H and O–H groups in total. The number of nitrogens with one attached hydrogen (secondary N) is 2. The van der Waals surface area contributed by atoms with Gasteiger partial charge < -0.3 is 16.0 Å². The van der Waals surface area contributed by atoms with Crippen LogP contribution in [0.25, 0.3) is 21.7 Å². The summed E-state index contributed by atoms with van der Waals surface area (Å²) in [6.45, 7) is 0. The average molecular weight is 329 g/mol. The van der Waals surface area contributed by atoms with E-state index in [2.05, 4.69) is 10.3 Å². The lowest BCUT2D eigenvalue weighted by molar-refractivity contribution is -0.117. The Balaban J connectivity index is 1.54. The van der Waals surface area contributed by atoms with Crippen LogP contribution in [0.4, 0.5) is 5.69 Å². The molecular formula is C21H19N3O. The highest BCUT2D eigenvalue weighted by Gasteiger charge is 2.17. The van der Waals surface area contributed by atoms with Crippen molar-refractivity contribution in [3.63, 3.8) is 0 Å². The number of H-pyrrole nitrogens is 1. The monoisotopic (exact) mass is 329 g/mol. The van der Waals surface area contributed by atoms with Crippen LogP contribution in [0.1, 0.15) is 5.56 Å². The van der Waals surface area contributed by atoms with E-state index in [1.807, 2.05) is 72.9 Å². The number of rotatable bonds is 4. The molecule has 1 heterocycles. The molecule has 1 amide bonds. The quantitative estimate of drug-likeness (QED) is 0.532. The van der Waals surface area contributed by atoms with Gasteiger partial charge in [0.25, 0.3) is 0 Å². The molecule has 0 spiro atoms. The molecule has 0 radical (unpaired) electrons. The molecule has 0 aliphatic carbocycles. The van der Waals surface area contributed by atoms with E-state index in [0.717, 1.165) is 32.9 Å². The van der Waals surface area contributed by atoms with Gasteiger partial charge in [-0.25, -0.2) is 0 Å². The van der Waals surface area contributed by atoms with Crippen LogP contribution in [-0.4, -0.2) is 16.9 Å². The zero-order valence-electron chi connectivity index (χ0n) is 13.7. The molecule has 4 rings (SSSR count). The number of benzene rings is 3. The molecule has 0 aliphatic rings. The summed E-state index contributed by atoms with van der Waals surface area (Å²) in [6, 6.07) is 21.2. The van der Waals surface area contributed by atoms with Gasteiger partial charge in [-0.15, -0.1) is 0 Å². The van der Waals surface area contributed by atoms with E-state index in [1.54, 1.807) is 0 Å². The van der Waals surface area contributed by atoms with Crippen molar-refractivity contribution >= 4 is 33.3 Å². The molecule has 124 valence electrons. The first-order chi connectivity index (χ1) is 12.2. The molecule has 1 atom stereocenters. The summed E-state index contributed by atoms with van der Waals surface area (Å²) in [4.78, 5) is 15.8. The van der Waals surface area contributed by atoms with E-state index in [1.165, 1.54) is 0 Å². The highest BCUT2D eigenvalue weighted by atomic mass is 16.2. The third-order valence-electron chi connectivity index (χ3n) is 4.50. The Morgan fingerprint density at radius 1 is 0.960 bits per heavy atom. The van der Waals surface area contributed by atoms with Crippen molar-refractivity contribution in [2.45, 2.75) is 12.5 Å². The van der Waals surface area contributed by atoms with Crippen LogP contribution in [0.15, 0.2) is 72.9 Å². The predicted octanol–water partition coefficient (Wildman–Crippen LogP) is 3.83. The number of carbonyl (C=O) groups excluding carboxylic acids is 1. The van der Waals surface area contributed by atoms with Gasteiger partial charge in [0, 0.05) is 28.2 Å². The maximum atomic E-state index is 12.6. The highest BCUT2D eigenvalue weighted by molar-refractivity contribution is 6.04. The number of hydrogen-bond donors (Lipinski definition) is 3. The Morgan fingerprint density at radius 3 is 2.56 bits per heavy atom. The van der Waals surface area contributed by atoms with Gasteiger partial charge in [-0.05, 0) is 29.5 Å². The number of nitrogens with two attached hydrogens (primary N) is 1. The smallest absolute Gasteiger partial charge is 0.241 e. The Morgan fingerprint density at radius 2 is 1.68 bits per heavy atom. The van der Waals surface area contributed by atoms with Gasteiger partial charge in [-0.1, -0.05) is 54.6 Å². The lowest BCUT2D eigenvalue weighted by Crippen LogP contribution is -2.37. The summed E-state index contributed by atoms with van der Waals surface area (Å²) < 4.78 is 0. The van der Waals surface area contributed by atoms with E-state index in [0.29, 0.717) is 6.42 Å². The van der Waals surface area contributed by atoms with Gasteiger partial charge in [0.05, 0.1) is 6.04 Å². The van der Waals surface area contributed by atoms with E-state index >= 15 is 0 Å². The summed E-state index contributed by atoms with van der Waals surface area (Å²) in [5.41, 5.74) is 9.06. The third-order valence-corrected chi connectivity index (χ3v) is 4.50. The van der Waals surface area contributed by atoms with E-state index in [9.17, 15) is 4.79 Å². The predicted molar refractivity (Wildman–Crippen MR) is 103 cm³/mol. The number of fused-ring (bicyclic) bond motifs is 2. The molecule has 3 aromatic carbocycles. The summed E-state index contributed by atoms with van der Waals surface area (Å²) in [5, 5.41) is 6.18. The van der Waals surface area contributed by atoms with Crippen molar-refractivity contribution in [1.82, 2.24) is 4.98 Å². The van der Waals surface area contributed by atoms with Gasteiger partial charge >= 0.3 is 0 Å². The molecule has 0 saturated carbocycles. The largest absolute Gasteiger partial charge is 0.361 e. The Labute approximate surface area is 145 Å². The molecule has 4 nitrogen and oxygen atoms in total. The Hall–Kier alpha value is -3.11. The summed E-state index contributed by atoms with van der Waals surface area (Å²) in [6.07, 6.45) is 2.41. The van der Waals surface area contributed by atoms with Crippen molar-refractivity contribution in [3.8, 4) is 0 Å². The molecule has 0 unspecified atom stereocenters. The summed E-state index contributed by atoms with van der Waals surface area (Å²) in [7, 11) is 0. The van der Waals surface area contributed by atoms with Crippen molar-refractivity contribution in [1.29, 1.82) is 0 Å². The second-order valence-electron chi connectivity index (χ2n) is 6.19. The van der Waals surface area contributed by atoms with Crippen molar-refractivity contribution in [3.05, 3.63) is 78.5 Å². The van der Waals surface area contributed by atoms with Crippen molar-refractivity contribution < 1.29 is 4.79 Å². The average Bonchev–Trinajstić information content (AvgIpc) is 3.05. The lowest BCUT2D eigenvalue weighted by Gasteiger charge is -2.13. The van der Waals surface area contributed by atoms with Crippen LogP contribution in [0.3, 0.4) is 0 Å². The second kappa shape index (κ2) is 6.42. The Bertz CT molecular complexity index is 1050. The fourth-order valence-electron chi connectivity index (χ4n) is 3.19. The summed E-state index contributed by atoms with van der Waals surface area (Å²) in [5.74, 6) is -0.179. The molecular weight excluding hydrogens is 310 g/mol. The summed E-state index contributed by atoms with van der Waals surface area (Å²) >= 11 is 0. The minimum atomic E-state index is -0.613. The highest BCUT2D eigenvalue weighted by Crippen LogP contribution is 2.23. The molecule has 4 heteroatoms. The molecule has 0 saturated heterocycles. The zero-order valence-corrected chi connectivity index (χ0v) is 13.7. The first-order valence-corrected chi connectivity index (χ1v) is 8.31. The van der Waals surface area contributed by atoms with Crippen LogP contribution < -0.4 is 11.1 Å². The number of aromatic amines is 1. The van der Waals surface area contributed by atoms with Crippen LogP contribution in [0.2, 0.25) is 0 Å². The maximum absolute atomic E-state index is 12.6. The number of amides is 1. The number of carbonyl (C=O) groups is 1. The van der Waals surface area contributed by atoms with E-state index < -0.39 is 6.04 Å². The van der Waals surface area contributed by atoms with E-state index in [4.69, 9.17) is 5.73 Å². The van der Waals surface area contributed by atoms with E-state index in [-0.39, 0.29) is 5.91 Å². The molecule has 25 heavy (non-hydrogen) atoms. The number of anilines is 1. The minimum Gasteiger partial charge on any atom is -0.361 e.